The van der Waals surface area contributed by atoms with Crippen LogP contribution in [-0.4, -0.2) is 37.2 Å². The summed E-state index contributed by atoms with van der Waals surface area (Å²) in [4.78, 5) is 12.6. The van der Waals surface area contributed by atoms with Crippen LogP contribution in [0.4, 0.5) is 13.2 Å². The van der Waals surface area contributed by atoms with Crippen molar-refractivity contribution in [2.45, 2.75) is 32.0 Å². The molecule has 1 unspecified atom stereocenters. The van der Waals surface area contributed by atoms with Crippen molar-refractivity contribution < 1.29 is 22.7 Å². The number of likely N-dealkylation sites (N-methyl/N-ethyl adjacent to an activating group) is 1. The van der Waals surface area contributed by atoms with Gasteiger partial charge in [-0.1, -0.05) is 12.1 Å². The Balaban J connectivity index is 2.60. The lowest BCUT2D eigenvalue weighted by atomic mass is 10.1. The van der Waals surface area contributed by atoms with E-state index in [4.69, 9.17) is 4.74 Å². The minimum atomic E-state index is -4.47. The van der Waals surface area contributed by atoms with Gasteiger partial charge in [0.1, 0.15) is 12.2 Å². The highest BCUT2D eigenvalue weighted by molar-refractivity contribution is 5.76. The van der Waals surface area contributed by atoms with Crippen molar-refractivity contribution in [3.8, 4) is 5.75 Å². The van der Waals surface area contributed by atoms with Gasteiger partial charge in [-0.15, -0.1) is 0 Å². The third kappa shape index (κ3) is 5.11. The van der Waals surface area contributed by atoms with E-state index in [1.807, 2.05) is 12.1 Å². The van der Waals surface area contributed by atoms with Crippen LogP contribution in [0, 0.1) is 0 Å². The molecule has 0 fully saturated rings. The van der Waals surface area contributed by atoms with Crippen LogP contribution in [0.15, 0.2) is 24.3 Å². The first-order valence-corrected chi connectivity index (χ1v) is 6.18. The monoisotopic (exact) mass is 289 g/mol. The molecule has 0 heterocycles. The third-order valence-electron chi connectivity index (χ3n) is 3.10. The zero-order valence-corrected chi connectivity index (χ0v) is 11.7. The Morgan fingerprint density at radius 1 is 1.30 bits per heavy atom. The molecule has 1 aromatic rings. The molecule has 1 aromatic carbocycles. The fourth-order valence-corrected chi connectivity index (χ4v) is 1.78. The Morgan fingerprint density at radius 2 is 1.85 bits per heavy atom. The van der Waals surface area contributed by atoms with E-state index in [0.717, 1.165) is 10.5 Å². The Kier molecular flexibility index (Phi) is 5.42. The quantitative estimate of drug-likeness (QED) is 0.834. The maximum Gasteiger partial charge on any atom is 0.397 e. The number of ether oxygens (including phenoxy) is 1. The zero-order valence-electron chi connectivity index (χ0n) is 11.7. The predicted molar refractivity (Wildman–Crippen MR) is 69.6 cm³/mol. The third-order valence-corrected chi connectivity index (χ3v) is 3.10. The van der Waals surface area contributed by atoms with Crippen LogP contribution in [0.1, 0.15) is 18.9 Å². The number of hydrogen-bond donors (Lipinski definition) is 0. The van der Waals surface area contributed by atoms with E-state index in [9.17, 15) is 18.0 Å². The van der Waals surface area contributed by atoms with Crippen LogP contribution in [-0.2, 0) is 11.2 Å². The molecular formula is C14H18F3NO2. The number of carbonyl (C=O) groups is 1. The lowest BCUT2D eigenvalue weighted by Gasteiger charge is -2.25. The summed E-state index contributed by atoms with van der Waals surface area (Å²) in [5, 5.41) is 0. The summed E-state index contributed by atoms with van der Waals surface area (Å²) in [7, 11) is 2.95. The number of benzene rings is 1. The van der Waals surface area contributed by atoms with E-state index in [2.05, 4.69) is 0 Å². The molecule has 0 saturated heterocycles. The van der Waals surface area contributed by atoms with E-state index < -0.39 is 18.5 Å². The van der Waals surface area contributed by atoms with E-state index in [0.29, 0.717) is 12.2 Å². The van der Waals surface area contributed by atoms with Crippen molar-refractivity contribution in [3.63, 3.8) is 0 Å². The molecule has 1 atom stereocenters. The van der Waals surface area contributed by atoms with Gasteiger partial charge in [0.15, 0.2) is 0 Å². The SMILES string of the molecule is COc1ccc(CC(C)N(C)C(=O)CC(F)(F)F)cc1. The van der Waals surface area contributed by atoms with Crippen molar-refractivity contribution in [1.82, 2.24) is 4.90 Å². The average Bonchev–Trinajstić information content (AvgIpc) is 2.36. The Labute approximate surface area is 116 Å². The van der Waals surface area contributed by atoms with Crippen LogP contribution in [0.3, 0.4) is 0 Å². The molecule has 0 aliphatic carbocycles. The number of hydrogen-bond acceptors (Lipinski definition) is 2. The summed E-state index contributed by atoms with van der Waals surface area (Å²) >= 11 is 0. The summed E-state index contributed by atoms with van der Waals surface area (Å²) in [6.07, 6.45) is -5.40. The second-order valence-corrected chi connectivity index (χ2v) is 4.70. The zero-order chi connectivity index (χ0) is 15.3. The van der Waals surface area contributed by atoms with Gasteiger partial charge in [0, 0.05) is 13.1 Å². The molecule has 0 N–H and O–H groups in total. The smallest absolute Gasteiger partial charge is 0.397 e. The van der Waals surface area contributed by atoms with Crippen molar-refractivity contribution in [2.24, 2.45) is 0 Å². The predicted octanol–water partition coefficient (Wildman–Crippen LogP) is 3.04. The molecule has 0 aliphatic rings. The first-order valence-electron chi connectivity index (χ1n) is 6.18. The maximum absolute atomic E-state index is 12.2. The summed E-state index contributed by atoms with van der Waals surface area (Å²) in [5.74, 6) is -0.207. The van der Waals surface area contributed by atoms with Gasteiger partial charge < -0.3 is 9.64 Å². The van der Waals surface area contributed by atoms with Crippen molar-refractivity contribution >= 4 is 5.91 Å². The molecule has 0 aromatic heterocycles. The number of carbonyl (C=O) groups excluding carboxylic acids is 1. The first kappa shape index (κ1) is 16.3. The van der Waals surface area contributed by atoms with Crippen molar-refractivity contribution in [2.75, 3.05) is 14.2 Å². The fraction of sp³-hybridized carbons (Fsp3) is 0.500. The molecule has 0 spiro atoms. The minimum absolute atomic E-state index is 0.307. The molecule has 3 nitrogen and oxygen atoms in total. The second kappa shape index (κ2) is 6.63. The summed E-state index contributed by atoms with van der Waals surface area (Å²) in [6.45, 7) is 1.72. The number of halogens is 3. The topological polar surface area (TPSA) is 29.5 Å². The lowest BCUT2D eigenvalue weighted by molar-refractivity contribution is -0.161. The number of rotatable bonds is 5. The summed E-state index contributed by atoms with van der Waals surface area (Å²) in [5.41, 5.74) is 0.935. The highest BCUT2D eigenvalue weighted by Crippen LogP contribution is 2.21. The molecular weight excluding hydrogens is 271 g/mol. The molecule has 1 rings (SSSR count). The highest BCUT2D eigenvalue weighted by Gasteiger charge is 2.33. The van der Waals surface area contributed by atoms with E-state index in [1.54, 1.807) is 26.2 Å². The number of nitrogens with zero attached hydrogens (tertiary/aromatic N) is 1. The van der Waals surface area contributed by atoms with Gasteiger partial charge in [-0.25, -0.2) is 0 Å². The highest BCUT2D eigenvalue weighted by atomic mass is 19.4. The molecule has 6 heteroatoms. The van der Waals surface area contributed by atoms with Crippen LogP contribution in [0.5, 0.6) is 5.75 Å². The van der Waals surface area contributed by atoms with Gasteiger partial charge in [0.2, 0.25) is 5.91 Å². The molecule has 20 heavy (non-hydrogen) atoms. The molecule has 0 bridgehead atoms. The molecule has 112 valence electrons. The molecule has 0 saturated carbocycles. The summed E-state index contributed by atoms with van der Waals surface area (Å²) < 4.78 is 41.6. The first-order chi connectivity index (χ1) is 9.23. The Morgan fingerprint density at radius 3 is 2.30 bits per heavy atom. The standard InChI is InChI=1S/C14H18F3NO2/c1-10(18(2)13(19)9-14(15,16)17)8-11-4-6-12(20-3)7-5-11/h4-7,10H,8-9H2,1-3H3. The molecule has 0 radical (unpaired) electrons. The molecule has 1 amide bonds. The average molecular weight is 289 g/mol. The van der Waals surface area contributed by atoms with Gasteiger partial charge in [0.25, 0.3) is 0 Å². The largest absolute Gasteiger partial charge is 0.497 e. The van der Waals surface area contributed by atoms with Gasteiger partial charge in [-0.05, 0) is 31.0 Å². The van der Waals surface area contributed by atoms with Gasteiger partial charge in [-0.2, -0.15) is 13.2 Å². The Bertz CT molecular complexity index is 443. The summed E-state index contributed by atoms with van der Waals surface area (Å²) in [6, 6.07) is 6.91. The second-order valence-electron chi connectivity index (χ2n) is 4.70. The number of amides is 1. The number of alkyl halides is 3. The van der Waals surface area contributed by atoms with Gasteiger partial charge >= 0.3 is 6.18 Å². The Hall–Kier alpha value is -1.72. The van der Waals surface area contributed by atoms with Crippen molar-refractivity contribution in [3.05, 3.63) is 29.8 Å². The van der Waals surface area contributed by atoms with Crippen LogP contribution < -0.4 is 4.74 Å². The number of methoxy groups -OCH3 is 1. The van der Waals surface area contributed by atoms with E-state index in [-0.39, 0.29) is 6.04 Å². The van der Waals surface area contributed by atoms with Crippen LogP contribution in [0.25, 0.3) is 0 Å². The van der Waals surface area contributed by atoms with Gasteiger partial charge in [0.05, 0.1) is 7.11 Å². The maximum atomic E-state index is 12.2. The fourth-order valence-electron chi connectivity index (χ4n) is 1.78. The van der Waals surface area contributed by atoms with Crippen LogP contribution in [0.2, 0.25) is 0 Å². The van der Waals surface area contributed by atoms with Crippen molar-refractivity contribution in [1.29, 1.82) is 0 Å². The van der Waals surface area contributed by atoms with E-state index >= 15 is 0 Å². The van der Waals surface area contributed by atoms with E-state index in [1.165, 1.54) is 7.05 Å². The normalized spacial score (nSPS) is 12.9. The van der Waals surface area contributed by atoms with Gasteiger partial charge in [-0.3, -0.25) is 4.79 Å². The minimum Gasteiger partial charge on any atom is -0.497 e. The lowest BCUT2D eigenvalue weighted by Crippen LogP contribution is -2.38. The van der Waals surface area contributed by atoms with Crippen LogP contribution >= 0.6 is 0 Å². The molecule has 0 aliphatic heterocycles.